The number of hydrogen-bond acceptors (Lipinski definition) is 2. The molecule has 1 aromatic rings. The van der Waals surface area contributed by atoms with Gasteiger partial charge in [0.05, 0.1) is 11.8 Å². The largest absolute Gasteiger partial charge is 0.489 e. The van der Waals surface area contributed by atoms with E-state index in [9.17, 15) is 0 Å². The molecule has 0 bridgehead atoms. The molecule has 82 valence electrons. The van der Waals surface area contributed by atoms with Crippen molar-refractivity contribution < 1.29 is 4.74 Å². The van der Waals surface area contributed by atoms with E-state index in [1.54, 1.807) is 0 Å². The molecule has 0 saturated heterocycles. The molecule has 2 nitrogen and oxygen atoms in total. The third-order valence-corrected chi connectivity index (χ3v) is 2.94. The smallest absolute Gasteiger partial charge is 0.141 e. The number of nitrogens with zero attached hydrogens (tertiary/aromatic N) is 1. The normalized spacial score (nSPS) is 17.3. The lowest BCUT2D eigenvalue weighted by Crippen LogP contribution is -2.13. The zero-order valence-corrected chi connectivity index (χ0v) is 9.57. The van der Waals surface area contributed by atoms with Crippen LogP contribution in [0.2, 0.25) is 0 Å². The Balaban J connectivity index is 2.12. The molecule has 1 aliphatic carbocycles. The van der Waals surface area contributed by atoms with Crippen LogP contribution in [0, 0.1) is 0 Å². The summed E-state index contributed by atoms with van der Waals surface area (Å²) in [4.78, 5) is 4.40. The van der Waals surface area contributed by atoms with Crippen LogP contribution in [0.25, 0.3) is 0 Å². The van der Waals surface area contributed by atoms with E-state index in [-0.39, 0.29) is 0 Å². The van der Waals surface area contributed by atoms with Gasteiger partial charge in [0.25, 0.3) is 0 Å². The number of ether oxygens (including phenoxy) is 1. The van der Waals surface area contributed by atoms with Crippen molar-refractivity contribution in [2.24, 2.45) is 0 Å². The highest BCUT2D eigenvalue weighted by atomic mass is 16.5. The van der Waals surface area contributed by atoms with Crippen LogP contribution in [-0.4, -0.2) is 11.1 Å². The molecule has 0 aromatic carbocycles. The van der Waals surface area contributed by atoms with Crippen LogP contribution in [0.3, 0.4) is 0 Å². The van der Waals surface area contributed by atoms with Crippen LogP contribution >= 0.6 is 0 Å². The van der Waals surface area contributed by atoms with E-state index in [1.165, 1.54) is 25.7 Å². The molecule has 0 amide bonds. The molecule has 0 atom stereocenters. The van der Waals surface area contributed by atoms with Gasteiger partial charge in [-0.05, 0) is 43.7 Å². The summed E-state index contributed by atoms with van der Waals surface area (Å²) < 4.78 is 6.01. The van der Waals surface area contributed by atoms with Crippen molar-refractivity contribution in [1.29, 1.82) is 0 Å². The fraction of sp³-hybridized carbons (Fsp3) is 0.615. The van der Waals surface area contributed by atoms with Crippen LogP contribution in [0.5, 0.6) is 5.75 Å². The Kier molecular flexibility index (Phi) is 3.24. The summed E-state index contributed by atoms with van der Waals surface area (Å²) >= 11 is 0. The van der Waals surface area contributed by atoms with Crippen molar-refractivity contribution in [3.8, 4) is 5.75 Å². The highest BCUT2D eigenvalue weighted by molar-refractivity contribution is 5.29. The molecule has 1 saturated carbocycles. The quantitative estimate of drug-likeness (QED) is 0.753. The van der Waals surface area contributed by atoms with Crippen molar-refractivity contribution in [2.75, 3.05) is 0 Å². The average Bonchev–Trinajstić information content (AvgIpc) is 2.71. The summed E-state index contributed by atoms with van der Waals surface area (Å²) in [5.74, 6) is 1.42. The number of pyridine rings is 1. The minimum absolute atomic E-state index is 0.423. The second-order valence-corrected chi connectivity index (χ2v) is 4.57. The SMILES string of the molecule is CC(C)c1ncccc1OC1CCCC1. The highest BCUT2D eigenvalue weighted by Crippen LogP contribution is 2.28. The summed E-state index contributed by atoms with van der Waals surface area (Å²) in [6.45, 7) is 4.31. The number of hydrogen-bond donors (Lipinski definition) is 0. The molecule has 0 N–H and O–H groups in total. The van der Waals surface area contributed by atoms with E-state index in [2.05, 4.69) is 18.8 Å². The van der Waals surface area contributed by atoms with Crippen LogP contribution in [0.4, 0.5) is 0 Å². The predicted octanol–water partition coefficient (Wildman–Crippen LogP) is 3.53. The average molecular weight is 205 g/mol. The van der Waals surface area contributed by atoms with Gasteiger partial charge in [0.1, 0.15) is 5.75 Å². The Bertz CT molecular complexity index is 316. The van der Waals surface area contributed by atoms with Crippen LogP contribution in [-0.2, 0) is 0 Å². The second kappa shape index (κ2) is 4.65. The Morgan fingerprint density at radius 3 is 2.73 bits per heavy atom. The zero-order chi connectivity index (χ0) is 10.7. The molecular formula is C13H19NO. The van der Waals surface area contributed by atoms with E-state index in [1.807, 2.05) is 18.3 Å². The van der Waals surface area contributed by atoms with E-state index in [0.29, 0.717) is 12.0 Å². The first-order valence-electron chi connectivity index (χ1n) is 5.89. The van der Waals surface area contributed by atoms with Crippen molar-refractivity contribution in [3.05, 3.63) is 24.0 Å². The molecule has 2 heteroatoms. The van der Waals surface area contributed by atoms with Gasteiger partial charge in [-0.15, -0.1) is 0 Å². The molecule has 0 unspecified atom stereocenters. The van der Waals surface area contributed by atoms with E-state index in [4.69, 9.17) is 4.74 Å². The first-order valence-corrected chi connectivity index (χ1v) is 5.89. The first-order chi connectivity index (χ1) is 7.27. The monoisotopic (exact) mass is 205 g/mol. The van der Waals surface area contributed by atoms with Gasteiger partial charge in [-0.25, -0.2) is 0 Å². The molecule has 1 aliphatic rings. The highest BCUT2D eigenvalue weighted by Gasteiger charge is 2.18. The van der Waals surface area contributed by atoms with Gasteiger partial charge in [-0.1, -0.05) is 13.8 Å². The molecule has 1 fully saturated rings. The van der Waals surface area contributed by atoms with Gasteiger partial charge in [-0.2, -0.15) is 0 Å². The van der Waals surface area contributed by atoms with Crippen molar-refractivity contribution >= 4 is 0 Å². The molecule has 2 rings (SSSR count). The van der Waals surface area contributed by atoms with Crippen LogP contribution in [0.1, 0.15) is 51.1 Å². The summed E-state index contributed by atoms with van der Waals surface area (Å²) in [5.41, 5.74) is 1.09. The maximum atomic E-state index is 6.01. The molecule has 15 heavy (non-hydrogen) atoms. The molecule has 1 heterocycles. The number of rotatable bonds is 3. The predicted molar refractivity (Wildman–Crippen MR) is 61.2 cm³/mol. The molecule has 1 aromatic heterocycles. The number of aromatic nitrogens is 1. The fourth-order valence-corrected chi connectivity index (χ4v) is 2.12. The van der Waals surface area contributed by atoms with Gasteiger partial charge in [0.15, 0.2) is 0 Å². The third kappa shape index (κ3) is 2.49. The third-order valence-electron chi connectivity index (χ3n) is 2.94. The van der Waals surface area contributed by atoms with Gasteiger partial charge < -0.3 is 4.74 Å². The lowest BCUT2D eigenvalue weighted by molar-refractivity contribution is 0.206. The molecule has 0 aliphatic heterocycles. The van der Waals surface area contributed by atoms with Crippen molar-refractivity contribution in [1.82, 2.24) is 4.98 Å². The summed E-state index contributed by atoms with van der Waals surface area (Å²) in [5, 5.41) is 0. The lowest BCUT2D eigenvalue weighted by Gasteiger charge is -2.17. The van der Waals surface area contributed by atoms with Crippen LogP contribution < -0.4 is 4.74 Å². The van der Waals surface area contributed by atoms with Gasteiger partial charge in [-0.3, -0.25) is 4.98 Å². The molecule has 0 spiro atoms. The van der Waals surface area contributed by atoms with Crippen molar-refractivity contribution in [2.45, 2.75) is 51.6 Å². The minimum atomic E-state index is 0.423. The van der Waals surface area contributed by atoms with E-state index in [0.717, 1.165) is 11.4 Å². The maximum absolute atomic E-state index is 6.01. The van der Waals surface area contributed by atoms with Crippen LogP contribution in [0.15, 0.2) is 18.3 Å². The van der Waals surface area contributed by atoms with E-state index < -0.39 is 0 Å². The second-order valence-electron chi connectivity index (χ2n) is 4.57. The lowest BCUT2D eigenvalue weighted by atomic mass is 10.1. The Hall–Kier alpha value is -1.05. The Labute approximate surface area is 91.7 Å². The standard InChI is InChI=1S/C13H19NO/c1-10(2)13-12(8-5-9-14-13)15-11-6-3-4-7-11/h5,8-11H,3-4,6-7H2,1-2H3. The topological polar surface area (TPSA) is 22.1 Å². The summed E-state index contributed by atoms with van der Waals surface area (Å²) in [6.07, 6.45) is 7.28. The Morgan fingerprint density at radius 1 is 1.33 bits per heavy atom. The van der Waals surface area contributed by atoms with Gasteiger partial charge in [0.2, 0.25) is 0 Å². The minimum Gasteiger partial charge on any atom is -0.489 e. The molecule has 0 radical (unpaired) electrons. The maximum Gasteiger partial charge on any atom is 0.141 e. The van der Waals surface area contributed by atoms with Gasteiger partial charge in [0, 0.05) is 6.20 Å². The van der Waals surface area contributed by atoms with Gasteiger partial charge >= 0.3 is 0 Å². The van der Waals surface area contributed by atoms with E-state index >= 15 is 0 Å². The summed E-state index contributed by atoms with van der Waals surface area (Å²) in [7, 11) is 0. The Morgan fingerprint density at radius 2 is 2.07 bits per heavy atom. The summed E-state index contributed by atoms with van der Waals surface area (Å²) in [6, 6.07) is 4.00. The molecular weight excluding hydrogens is 186 g/mol. The fourth-order valence-electron chi connectivity index (χ4n) is 2.12. The zero-order valence-electron chi connectivity index (χ0n) is 9.57. The van der Waals surface area contributed by atoms with Crippen molar-refractivity contribution in [3.63, 3.8) is 0 Å². The first kappa shape index (κ1) is 10.5.